The molecular weight excluding hydrogens is 284 g/mol. The van der Waals surface area contributed by atoms with Gasteiger partial charge in [-0.15, -0.1) is 5.10 Å². The highest BCUT2D eigenvalue weighted by molar-refractivity contribution is 7.99. The van der Waals surface area contributed by atoms with Crippen molar-refractivity contribution in [3.8, 4) is 11.4 Å². The third-order valence-electron chi connectivity index (χ3n) is 2.25. The summed E-state index contributed by atoms with van der Waals surface area (Å²) in [5.74, 6) is 0.907. The van der Waals surface area contributed by atoms with Gasteiger partial charge in [0.05, 0.1) is 10.6 Å². The smallest absolute Gasteiger partial charge is 0.209 e. The Morgan fingerprint density at radius 1 is 1.53 bits per heavy atom. The summed E-state index contributed by atoms with van der Waals surface area (Å²) >= 11 is 1.26. The van der Waals surface area contributed by atoms with Gasteiger partial charge in [-0.25, -0.2) is 13.9 Å². The number of thioether (sulfide) groups is 1. The maximum atomic E-state index is 11.7. The van der Waals surface area contributed by atoms with Crippen LogP contribution in [-0.2, 0) is 15.8 Å². The molecule has 1 aromatic heterocycles. The number of H-pyrrole nitrogens is 1. The normalized spacial score (nSPS) is 12.3. The summed E-state index contributed by atoms with van der Waals surface area (Å²) in [6.45, 7) is 0. The van der Waals surface area contributed by atoms with Crippen LogP contribution in [0.4, 0.5) is 0 Å². The van der Waals surface area contributed by atoms with Crippen LogP contribution >= 0.6 is 11.8 Å². The van der Waals surface area contributed by atoms with E-state index in [4.69, 9.17) is 0 Å². The lowest BCUT2D eigenvalue weighted by molar-refractivity contribution is -0.105. The summed E-state index contributed by atoms with van der Waals surface area (Å²) in [4.78, 5) is 15.2. The summed E-state index contributed by atoms with van der Waals surface area (Å²) in [6.07, 6.45) is 0.803. The molecule has 1 heterocycles. The van der Waals surface area contributed by atoms with Crippen molar-refractivity contribution in [2.45, 2.75) is 10.1 Å². The molecule has 0 radical (unpaired) electrons. The van der Waals surface area contributed by atoms with Gasteiger partial charge >= 0.3 is 0 Å². The van der Waals surface area contributed by atoms with Gasteiger partial charge < -0.3 is 4.79 Å². The number of aldehydes is 1. The van der Waals surface area contributed by atoms with Crippen LogP contribution in [0.3, 0.4) is 0 Å². The van der Waals surface area contributed by atoms with Crippen molar-refractivity contribution in [1.82, 2.24) is 19.9 Å². The van der Waals surface area contributed by atoms with Gasteiger partial charge in [-0.2, -0.15) is 0 Å². The number of benzene rings is 1. The van der Waals surface area contributed by atoms with Crippen LogP contribution in [0.5, 0.6) is 0 Å². The number of aromatic nitrogens is 3. The lowest BCUT2D eigenvalue weighted by Gasteiger charge is -2.01. The topological polar surface area (TPSA) is 87.7 Å². The molecule has 0 aliphatic rings. The van der Waals surface area contributed by atoms with Crippen LogP contribution in [0, 0.1) is 0 Å². The molecular formula is C11H12N4O2S2. The third-order valence-corrected chi connectivity index (χ3v) is 4.05. The van der Waals surface area contributed by atoms with Crippen LogP contribution in [0.1, 0.15) is 0 Å². The molecule has 1 aromatic carbocycles. The summed E-state index contributed by atoms with van der Waals surface area (Å²) in [7, 11) is 0.394. The largest absolute Gasteiger partial charge is 0.302 e. The number of nitrogens with zero attached hydrogens (tertiary/aromatic N) is 2. The molecule has 0 bridgehead atoms. The first-order valence-corrected chi connectivity index (χ1v) is 7.56. The highest BCUT2D eigenvalue weighted by atomic mass is 32.2. The van der Waals surface area contributed by atoms with Crippen molar-refractivity contribution in [2.75, 3.05) is 12.8 Å². The lowest BCUT2D eigenvalue weighted by Crippen LogP contribution is -2.10. The minimum atomic E-state index is -1.24. The fourth-order valence-corrected chi connectivity index (χ4v) is 2.58. The molecule has 2 rings (SSSR count). The van der Waals surface area contributed by atoms with Crippen LogP contribution in [-0.4, -0.2) is 38.5 Å². The van der Waals surface area contributed by atoms with Crippen molar-refractivity contribution >= 4 is 29.0 Å². The zero-order chi connectivity index (χ0) is 13.7. The van der Waals surface area contributed by atoms with E-state index in [-0.39, 0.29) is 0 Å². The monoisotopic (exact) mass is 296 g/mol. The molecule has 0 aliphatic carbocycles. The molecule has 0 saturated heterocycles. The summed E-state index contributed by atoms with van der Waals surface area (Å²) in [5, 5.41) is 7.32. The molecule has 2 N–H and O–H groups in total. The number of carbonyl (C=O) groups is 1. The molecule has 0 saturated carbocycles. The van der Waals surface area contributed by atoms with Crippen molar-refractivity contribution in [3.63, 3.8) is 0 Å². The van der Waals surface area contributed by atoms with Crippen molar-refractivity contribution in [3.05, 3.63) is 24.3 Å². The molecule has 2 aromatic rings. The van der Waals surface area contributed by atoms with Gasteiger partial charge in [-0.05, 0) is 19.2 Å². The number of carbonyl (C=O) groups excluding carboxylic acids is 1. The van der Waals surface area contributed by atoms with Gasteiger partial charge in [0.25, 0.3) is 0 Å². The molecule has 100 valence electrons. The van der Waals surface area contributed by atoms with Gasteiger partial charge in [-0.3, -0.25) is 5.10 Å². The second-order valence-corrected chi connectivity index (χ2v) is 5.85. The zero-order valence-electron chi connectivity index (χ0n) is 10.1. The first kappa shape index (κ1) is 13.9. The number of hydrogen-bond donors (Lipinski definition) is 2. The molecule has 6 nitrogen and oxygen atoms in total. The van der Waals surface area contributed by atoms with E-state index in [0.717, 1.165) is 11.8 Å². The van der Waals surface area contributed by atoms with E-state index in [2.05, 4.69) is 19.9 Å². The number of aromatic amines is 1. The van der Waals surface area contributed by atoms with E-state index in [0.29, 0.717) is 21.6 Å². The highest BCUT2D eigenvalue weighted by Crippen LogP contribution is 2.20. The van der Waals surface area contributed by atoms with E-state index >= 15 is 0 Å². The van der Waals surface area contributed by atoms with Crippen molar-refractivity contribution in [1.29, 1.82) is 0 Å². The number of rotatable bonds is 6. The molecule has 8 heteroatoms. The molecule has 19 heavy (non-hydrogen) atoms. The van der Waals surface area contributed by atoms with Crippen molar-refractivity contribution in [2.24, 2.45) is 0 Å². The van der Waals surface area contributed by atoms with E-state index in [9.17, 15) is 9.00 Å². The average molecular weight is 296 g/mol. The van der Waals surface area contributed by atoms with Crippen LogP contribution in [0.25, 0.3) is 11.4 Å². The minimum Gasteiger partial charge on any atom is -0.302 e. The Morgan fingerprint density at radius 2 is 2.37 bits per heavy atom. The zero-order valence-corrected chi connectivity index (χ0v) is 11.8. The Labute approximate surface area is 117 Å². The van der Waals surface area contributed by atoms with E-state index in [1.807, 2.05) is 6.07 Å². The third kappa shape index (κ3) is 3.49. The standard InChI is InChI=1S/C11H12N4O2S2/c1-12-19(17)9-4-2-3-8(7-9)10-13-11(15-14-10)18-6-5-16/h2-5,7,12H,6H2,1H3,(H,13,14,15). The summed E-state index contributed by atoms with van der Waals surface area (Å²) in [6, 6.07) is 7.21. The quantitative estimate of drug-likeness (QED) is 0.613. The maximum Gasteiger partial charge on any atom is 0.209 e. The van der Waals surface area contributed by atoms with E-state index < -0.39 is 11.0 Å². The Kier molecular flexibility index (Phi) is 4.83. The van der Waals surface area contributed by atoms with Crippen LogP contribution < -0.4 is 4.72 Å². The highest BCUT2D eigenvalue weighted by Gasteiger charge is 2.08. The van der Waals surface area contributed by atoms with Gasteiger partial charge in [0.1, 0.15) is 17.3 Å². The van der Waals surface area contributed by atoms with Gasteiger partial charge in [0.15, 0.2) is 5.82 Å². The van der Waals surface area contributed by atoms with Crippen LogP contribution in [0.15, 0.2) is 34.3 Å². The van der Waals surface area contributed by atoms with Crippen molar-refractivity contribution < 1.29 is 9.00 Å². The Morgan fingerprint density at radius 3 is 3.11 bits per heavy atom. The SMILES string of the molecule is CNS(=O)c1cccc(-c2nc(SCC=O)n[nH]2)c1. The second kappa shape index (κ2) is 6.60. The number of nitrogens with one attached hydrogen (secondary N) is 2. The Bertz CT molecular complexity index is 600. The van der Waals surface area contributed by atoms with Gasteiger partial charge in [0, 0.05) is 5.56 Å². The first-order valence-electron chi connectivity index (χ1n) is 5.43. The minimum absolute atomic E-state index is 0.321. The Balaban J connectivity index is 2.23. The molecule has 0 spiro atoms. The molecule has 0 amide bonds. The second-order valence-electron chi connectivity index (χ2n) is 3.44. The number of hydrogen-bond acceptors (Lipinski definition) is 5. The van der Waals surface area contributed by atoms with Crippen LogP contribution in [0.2, 0.25) is 0 Å². The van der Waals surface area contributed by atoms with E-state index in [1.165, 1.54) is 11.8 Å². The Hall–Kier alpha value is -1.51. The average Bonchev–Trinajstić information content (AvgIpc) is 2.93. The molecule has 0 fully saturated rings. The molecule has 1 unspecified atom stereocenters. The molecule has 0 aliphatic heterocycles. The van der Waals surface area contributed by atoms with Gasteiger partial charge in [0.2, 0.25) is 5.16 Å². The summed E-state index contributed by atoms with van der Waals surface area (Å²) in [5.41, 5.74) is 0.798. The van der Waals surface area contributed by atoms with Gasteiger partial charge in [-0.1, -0.05) is 23.9 Å². The maximum absolute atomic E-state index is 11.7. The molecule has 1 atom stereocenters. The lowest BCUT2D eigenvalue weighted by atomic mass is 10.2. The fourth-order valence-electron chi connectivity index (χ4n) is 1.43. The fraction of sp³-hybridized carbons (Fsp3) is 0.182. The predicted octanol–water partition coefficient (Wildman–Crippen LogP) is 1.00. The van der Waals surface area contributed by atoms with E-state index in [1.54, 1.807) is 25.2 Å². The predicted molar refractivity (Wildman–Crippen MR) is 74.1 cm³/mol. The first-order chi connectivity index (χ1) is 9.24. The summed E-state index contributed by atoms with van der Waals surface area (Å²) < 4.78 is 14.3.